The molecule has 0 aromatic rings. The maximum atomic E-state index is 12.4. The molecule has 2 fully saturated rings. The summed E-state index contributed by atoms with van der Waals surface area (Å²) >= 11 is 0. The predicted octanol–water partition coefficient (Wildman–Crippen LogP) is 2.45. The monoisotopic (exact) mass is 282 g/mol. The van der Waals surface area contributed by atoms with E-state index in [0.29, 0.717) is 30.5 Å². The Morgan fingerprint density at radius 3 is 2.55 bits per heavy atom. The molecule has 20 heavy (non-hydrogen) atoms. The van der Waals surface area contributed by atoms with E-state index >= 15 is 0 Å². The quantitative estimate of drug-likeness (QED) is 0.842. The zero-order valence-electron chi connectivity index (χ0n) is 12.9. The molecule has 4 heteroatoms. The molecule has 1 atom stereocenters. The van der Waals surface area contributed by atoms with E-state index < -0.39 is 0 Å². The second kappa shape index (κ2) is 7.99. The van der Waals surface area contributed by atoms with Gasteiger partial charge in [-0.2, -0.15) is 0 Å². The Hall–Kier alpha value is -0.610. The van der Waals surface area contributed by atoms with Crippen LogP contribution in [-0.4, -0.2) is 42.1 Å². The standard InChI is InChI=1S/C16H30N2O2/c1-2-18(14-8-6-13(17)7-9-14)16(19)11-10-15-5-3-4-12-20-15/h13-15H,2-12,17H2,1H3. The Labute approximate surface area is 123 Å². The molecule has 0 aromatic heterocycles. The summed E-state index contributed by atoms with van der Waals surface area (Å²) in [5.41, 5.74) is 5.95. The zero-order valence-corrected chi connectivity index (χ0v) is 12.9. The molecule has 0 radical (unpaired) electrons. The van der Waals surface area contributed by atoms with Crippen molar-refractivity contribution in [3.05, 3.63) is 0 Å². The Kier molecular flexibility index (Phi) is 6.30. The summed E-state index contributed by atoms with van der Waals surface area (Å²) in [7, 11) is 0. The molecule has 2 rings (SSSR count). The largest absolute Gasteiger partial charge is 0.378 e. The maximum absolute atomic E-state index is 12.4. The van der Waals surface area contributed by atoms with E-state index in [4.69, 9.17) is 10.5 Å². The Balaban J connectivity index is 1.76. The van der Waals surface area contributed by atoms with Crippen LogP contribution in [0.5, 0.6) is 0 Å². The third-order valence-electron chi connectivity index (χ3n) is 4.80. The number of rotatable bonds is 5. The first-order valence-electron chi connectivity index (χ1n) is 8.37. The molecule has 0 bridgehead atoms. The fourth-order valence-corrected chi connectivity index (χ4v) is 3.51. The Bertz CT molecular complexity index is 295. The summed E-state index contributed by atoms with van der Waals surface area (Å²) in [6.45, 7) is 3.78. The first kappa shape index (κ1) is 15.8. The number of nitrogens with two attached hydrogens (primary N) is 1. The van der Waals surface area contributed by atoms with Crippen molar-refractivity contribution in [3.63, 3.8) is 0 Å². The molecule has 4 nitrogen and oxygen atoms in total. The molecule has 2 N–H and O–H groups in total. The van der Waals surface area contributed by atoms with E-state index in [1.807, 2.05) is 0 Å². The van der Waals surface area contributed by atoms with E-state index in [2.05, 4.69) is 11.8 Å². The zero-order chi connectivity index (χ0) is 14.4. The Morgan fingerprint density at radius 2 is 1.95 bits per heavy atom. The summed E-state index contributed by atoms with van der Waals surface area (Å²) in [6, 6.07) is 0.760. The van der Waals surface area contributed by atoms with Crippen molar-refractivity contribution in [2.75, 3.05) is 13.2 Å². The fraction of sp³-hybridized carbons (Fsp3) is 0.938. The highest BCUT2D eigenvalue weighted by Crippen LogP contribution is 2.24. The van der Waals surface area contributed by atoms with Gasteiger partial charge in [0.1, 0.15) is 0 Å². The first-order chi connectivity index (χ1) is 9.70. The third kappa shape index (κ3) is 4.45. The molecule has 1 aliphatic heterocycles. The lowest BCUT2D eigenvalue weighted by molar-refractivity contribution is -0.135. The number of hydrogen-bond donors (Lipinski definition) is 1. The van der Waals surface area contributed by atoms with Gasteiger partial charge in [0.15, 0.2) is 0 Å². The number of hydrogen-bond acceptors (Lipinski definition) is 3. The van der Waals surface area contributed by atoms with E-state index in [1.165, 1.54) is 12.8 Å². The van der Waals surface area contributed by atoms with Gasteiger partial charge in [-0.05, 0) is 58.3 Å². The van der Waals surface area contributed by atoms with Crippen LogP contribution >= 0.6 is 0 Å². The van der Waals surface area contributed by atoms with Crippen LogP contribution in [0.3, 0.4) is 0 Å². The van der Waals surface area contributed by atoms with Crippen molar-refractivity contribution in [3.8, 4) is 0 Å². The normalized spacial score (nSPS) is 31.0. The Morgan fingerprint density at radius 1 is 1.20 bits per heavy atom. The maximum Gasteiger partial charge on any atom is 0.222 e. The van der Waals surface area contributed by atoms with Crippen molar-refractivity contribution in [2.24, 2.45) is 5.73 Å². The van der Waals surface area contributed by atoms with Gasteiger partial charge in [-0.1, -0.05) is 0 Å². The highest BCUT2D eigenvalue weighted by atomic mass is 16.5. The molecule has 1 amide bonds. The van der Waals surface area contributed by atoms with Crippen molar-refractivity contribution >= 4 is 5.91 Å². The van der Waals surface area contributed by atoms with Gasteiger partial charge in [-0.25, -0.2) is 0 Å². The average Bonchev–Trinajstić information content (AvgIpc) is 2.49. The first-order valence-corrected chi connectivity index (χ1v) is 8.37. The van der Waals surface area contributed by atoms with E-state index in [1.54, 1.807) is 0 Å². The second-order valence-electron chi connectivity index (χ2n) is 6.28. The average molecular weight is 282 g/mol. The third-order valence-corrected chi connectivity index (χ3v) is 4.80. The highest BCUT2D eigenvalue weighted by Gasteiger charge is 2.27. The van der Waals surface area contributed by atoms with Crippen LogP contribution in [0.1, 0.15) is 64.7 Å². The predicted molar refractivity (Wildman–Crippen MR) is 80.4 cm³/mol. The van der Waals surface area contributed by atoms with Gasteiger partial charge in [0.05, 0.1) is 6.10 Å². The van der Waals surface area contributed by atoms with Crippen LogP contribution in [0.15, 0.2) is 0 Å². The van der Waals surface area contributed by atoms with E-state index in [9.17, 15) is 4.79 Å². The molecule has 2 aliphatic rings. The van der Waals surface area contributed by atoms with E-state index in [-0.39, 0.29) is 0 Å². The number of carbonyl (C=O) groups excluding carboxylic acids is 1. The molecule has 0 aromatic carbocycles. The van der Waals surface area contributed by atoms with Crippen molar-refractivity contribution in [2.45, 2.75) is 82.9 Å². The summed E-state index contributed by atoms with van der Waals surface area (Å²) in [4.78, 5) is 14.5. The lowest BCUT2D eigenvalue weighted by atomic mass is 9.90. The molecule has 1 saturated heterocycles. The summed E-state index contributed by atoms with van der Waals surface area (Å²) in [6.07, 6.45) is 9.64. The van der Waals surface area contributed by atoms with Crippen LogP contribution in [0, 0.1) is 0 Å². The highest BCUT2D eigenvalue weighted by molar-refractivity contribution is 5.76. The van der Waals surface area contributed by atoms with Gasteiger partial charge in [-0.3, -0.25) is 4.79 Å². The van der Waals surface area contributed by atoms with Crippen LogP contribution < -0.4 is 5.73 Å². The molecular formula is C16H30N2O2. The smallest absolute Gasteiger partial charge is 0.222 e. The SMILES string of the molecule is CCN(C(=O)CCC1CCCCO1)C1CCC(N)CC1. The number of ether oxygens (including phenoxy) is 1. The van der Waals surface area contributed by atoms with Crippen molar-refractivity contribution in [1.82, 2.24) is 4.90 Å². The molecular weight excluding hydrogens is 252 g/mol. The number of amides is 1. The summed E-state index contributed by atoms with van der Waals surface area (Å²) < 4.78 is 5.71. The fourth-order valence-electron chi connectivity index (χ4n) is 3.51. The van der Waals surface area contributed by atoms with Crippen LogP contribution in [0.25, 0.3) is 0 Å². The minimum atomic E-state index is 0.308. The van der Waals surface area contributed by atoms with Crippen LogP contribution in [0.2, 0.25) is 0 Å². The minimum absolute atomic E-state index is 0.308. The molecule has 116 valence electrons. The van der Waals surface area contributed by atoms with Gasteiger partial charge in [0.25, 0.3) is 0 Å². The minimum Gasteiger partial charge on any atom is -0.378 e. The summed E-state index contributed by atoms with van der Waals surface area (Å²) in [5.74, 6) is 0.308. The van der Waals surface area contributed by atoms with Crippen molar-refractivity contribution in [1.29, 1.82) is 0 Å². The molecule has 1 heterocycles. The summed E-state index contributed by atoms with van der Waals surface area (Å²) in [5, 5.41) is 0. The van der Waals surface area contributed by atoms with Crippen molar-refractivity contribution < 1.29 is 9.53 Å². The van der Waals surface area contributed by atoms with Crippen LogP contribution in [-0.2, 0) is 9.53 Å². The lowest BCUT2D eigenvalue weighted by Crippen LogP contribution is -2.44. The number of carbonyl (C=O) groups is 1. The molecule has 1 unspecified atom stereocenters. The van der Waals surface area contributed by atoms with Gasteiger partial charge < -0.3 is 15.4 Å². The number of nitrogens with zero attached hydrogens (tertiary/aromatic N) is 1. The van der Waals surface area contributed by atoms with Gasteiger partial charge in [0, 0.05) is 31.7 Å². The topological polar surface area (TPSA) is 55.6 Å². The molecule has 1 saturated carbocycles. The van der Waals surface area contributed by atoms with Gasteiger partial charge in [0.2, 0.25) is 5.91 Å². The molecule has 1 aliphatic carbocycles. The van der Waals surface area contributed by atoms with Gasteiger partial charge in [-0.15, -0.1) is 0 Å². The lowest BCUT2D eigenvalue weighted by Gasteiger charge is -2.36. The second-order valence-corrected chi connectivity index (χ2v) is 6.28. The van der Waals surface area contributed by atoms with Gasteiger partial charge >= 0.3 is 0 Å². The molecule has 0 spiro atoms. The van der Waals surface area contributed by atoms with Crippen LogP contribution in [0.4, 0.5) is 0 Å². The van der Waals surface area contributed by atoms with E-state index in [0.717, 1.165) is 51.7 Å².